The lowest BCUT2D eigenvalue weighted by molar-refractivity contribution is -0.153. The van der Waals surface area contributed by atoms with Gasteiger partial charge in [-0.05, 0) is 48.6 Å². The Bertz CT molecular complexity index is 981. The van der Waals surface area contributed by atoms with E-state index in [0.29, 0.717) is 12.5 Å². The number of carbonyl (C=O) groups excluding carboxylic acids is 1. The van der Waals surface area contributed by atoms with E-state index >= 15 is 0 Å². The second-order valence-corrected chi connectivity index (χ2v) is 7.85. The van der Waals surface area contributed by atoms with Crippen LogP contribution in [0.1, 0.15) is 49.3 Å². The fourth-order valence-electron chi connectivity index (χ4n) is 4.35. The van der Waals surface area contributed by atoms with Gasteiger partial charge < -0.3 is 9.57 Å². The molecule has 0 radical (unpaired) electrons. The zero-order valence-electron chi connectivity index (χ0n) is 17.3. The predicted octanol–water partition coefficient (Wildman–Crippen LogP) is 5.16. The summed E-state index contributed by atoms with van der Waals surface area (Å²) in [4.78, 5) is 22.4. The largest absolute Gasteiger partial charge is 0.487 e. The van der Waals surface area contributed by atoms with Crippen LogP contribution in [0.25, 0.3) is 10.9 Å². The molecule has 0 saturated heterocycles. The Balaban J connectivity index is 1.45. The van der Waals surface area contributed by atoms with Crippen LogP contribution >= 0.6 is 0 Å². The van der Waals surface area contributed by atoms with Gasteiger partial charge in [0.2, 0.25) is 0 Å². The van der Waals surface area contributed by atoms with Gasteiger partial charge in [-0.3, -0.25) is 0 Å². The maximum Gasteiger partial charge on any atom is 0.332 e. The molecule has 1 aliphatic carbocycles. The van der Waals surface area contributed by atoms with Gasteiger partial charge in [-0.2, -0.15) is 5.48 Å². The molecule has 0 spiro atoms. The average molecular weight is 405 g/mol. The number of hydroxylamine groups is 1. The summed E-state index contributed by atoms with van der Waals surface area (Å²) < 4.78 is 5.94. The van der Waals surface area contributed by atoms with E-state index in [1.807, 2.05) is 54.6 Å². The number of para-hydroxylation sites is 1. The smallest absolute Gasteiger partial charge is 0.332 e. The standard InChI is InChI=1S/C25H28N2O3/c1-26-30-25(28)24(19-8-3-2-4-9-19)20-12-15-22(16-13-20)29-17-21-14-11-18-7-5-6-10-23(18)27-21/h5-7,10-16,19,24,26H,2-4,8-9,17H2,1H3. The van der Waals surface area contributed by atoms with Crippen molar-refractivity contribution < 1.29 is 14.4 Å². The first kappa shape index (κ1) is 20.4. The van der Waals surface area contributed by atoms with Crippen molar-refractivity contribution in [1.82, 2.24) is 10.5 Å². The summed E-state index contributed by atoms with van der Waals surface area (Å²) in [6.45, 7) is 0.401. The summed E-state index contributed by atoms with van der Waals surface area (Å²) in [5.41, 5.74) is 5.37. The molecule has 1 fully saturated rings. The molecular weight excluding hydrogens is 376 g/mol. The van der Waals surface area contributed by atoms with E-state index in [0.717, 1.165) is 40.8 Å². The van der Waals surface area contributed by atoms with Crippen LogP contribution in [0.5, 0.6) is 5.75 Å². The van der Waals surface area contributed by atoms with Crippen molar-refractivity contribution in [3.63, 3.8) is 0 Å². The third kappa shape index (κ3) is 4.79. The van der Waals surface area contributed by atoms with Crippen molar-refractivity contribution >= 4 is 16.9 Å². The number of carbonyl (C=O) groups is 1. The highest BCUT2D eigenvalue weighted by Gasteiger charge is 2.32. The van der Waals surface area contributed by atoms with E-state index in [1.54, 1.807) is 7.05 Å². The highest BCUT2D eigenvalue weighted by molar-refractivity contribution is 5.79. The average Bonchev–Trinajstić information content (AvgIpc) is 2.79. The summed E-state index contributed by atoms with van der Waals surface area (Å²) in [6.07, 6.45) is 5.73. The number of benzene rings is 2. The molecule has 1 N–H and O–H groups in total. The molecule has 0 aliphatic heterocycles. The van der Waals surface area contributed by atoms with Crippen LogP contribution in [0, 0.1) is 5.92 Å². The summed E-state index contributed by atoms with van der Waals surface area (Å²) in [7, 11) is 1.62. The number of hydrogen-bond acceptors (Lipinski definition) is 5. The SMILES string of the molecule is CNOC(=O)C(c1ccc(OCc2ccc3ccccc3n2)cc1)C1CCCCC1. The molecule has 1 aliphatic rings. The molecule has 1 heterocycles. The molecule has 2 aromatic carbocycles. The summed E-state index contributed by atoms with van der Waals surface area (Å²) in [6, 6.07) is 19.9. The minimum absolute atomic E-state index is 0.210. The normalized spacial score (nSPS) is 15.6. The molecule has 156 valence electrons. The van der Waals surface area contributed by atoms with Gasteiger partial charge in [0.05, 0.1) is 17.1 Å². The number of ether oxygens (including phenoxy) is 1. The third-order valence-electron chi connectivity index (χ3n) is 5.86. The molecule has 30 heavy (non-hydrogen) atoms. The predicted molar refractivity (Wildman–Crippen MR) is 117 cm³/mol. The molecule has 0 bridgehead atoms. The molecule has 1 unspecified atom stereocenters. The Kier molecular flexibility index (Phi) is 6.60. The van der Waals surface area contributed by atoms with Gasteiger partial charge in [-0.15, -0.1) is 0 Å². The number of nitrogens with one attached hydrogen (secondary N) is 1. The van der Waals surface area contributed by atoms with Gasteiger partial charge in [0.1, 0.15) is 12.4 Å². The van der Waals surface area contributed by atoms with Crippen LogP contribution in [0.2, 0.25) is 0 Å². The molecule has 1 atom stereocenters. The van der Waals surface area contributed by atoms with Crippen LogP contribution in [0.4, 0.5) is 0 Å². The van der Waals surface area contributed by atoms with Gasteiger partial charge in [0.15, 0.2) is 0 Å². The summed E-state index contributed by atoms with van der Waals surface area (Å²) in [5.74, 6) is 0.638. The number of rotatable bonds is 7. The first-order valence-electron chi connectivity index (χ1n) is 10.7. The van der Waals surface area contributed by atoms with Crippen molar-refractivity contribution in [2.75, 3.05) is 7.05 Å². The first-order chi connectivity index (χ1) is 14.7. The Morgan fingerprint density at radius 1 is 1.03 bits per heavy atom. The lowest BCUT2D eigenvalue weighted by Gasteiger charge is -2.28. The van der Waals surface area contributed by atoms with Gasteiger partial charge in [0, 0.05) is 12.4 Å². The van der Waals surface area contributed by atoms with Crippen molar-refractivity contribution in [3.8, 4) is 5.75 Å². The minimum Gasteiger partial charge on any atom is -0.487 e. The Labute approximate surface area is 177 Å². The van der Waals surface area contributed by atoms with E-state index in [4.69, 9.17) is 9.57 Å². The van der Waals surface area contributed by atoms with E-state index in [2.05, 4.69) is 16.5 Å². The highest BCUT2D eigenvalue weighted by atomic mass is 16.7. The van der Waals surface area contributed by atoms with Crippen LogP contribution in [0.15, 0.2) is 60.7 Å². The summed E-state index contributed by atoms with van der Waals surface area (Å²) in [5, 5.41) is 1.12. The van der Waals surface area contributed by atoms with Crippen molar-refractivity contribution in [1.29, 1.82) is 0 Å². The lowest BCUT2D eigenvalue weighted by Crippen LogP contribution is -2.28. The maximum atomic E-state index is 12.6. The Morgan fingerprint density at radius 3 is 2.57 bits per heavy atom. The number of hydrogen-bond donors (Lipinski definition) is 1. The van der Waals surface area contributed by atoms with Crippen molar-refractivity contribution in [2.45, 2.75) is 44.6 Å². The lowest BCUT2D eigenvalue weighted by atomic mass is 9.77. The number of pyridine rings is 1. The minimum atomic E-state index is -0.242. The van der Waals surface area contributed by atoms with Gasteiger partial charge in [-0.25, -0.2) is 9.78 Å². The molecule has 1 aromatic heterocycles. The molecule has 0 amide bonds. The first-order valence-corrected chi connectivity index (χ1v) is 10.7. The van der Waals surface area contributed by atoms with Crippen LogP contribution < -0.4 is 10.2 Å². The van der Waals surface area contributed by atoms with Crippen molar-refractivity contribution in [3.05, 3.63) is 71.9 Å². The molecule has 4 rings (SSSR count). The topological polar surface area (TPSA) is 60.5 Å². The second-order valence-electron chi connectivity index (χ2n) is 7.85. The van der Waals surface area contributed by atoms with E-state index in [9.17, 15) is 4.79 Å². The monoisotopic (exact) mass is 404 g/mol. The fourth-order valence-corrected chi connectivity index (χ4v) is 4.35. The Hall–Kier alpha value is -2.92. The van der Waals surface area contributed by atoms with E-state index < -0.39 is 0 Å². The van der Waals surface area contributed by atoms with Crippen LogP contribution in [0.3, 0.4) is 0 Å². The molecule has 5 heteroatoms. The molecular formula is C25H28N2O3. The van der Waals surface area contributed by atoms with Crippen LogP contribution in [-0.4, -0.2) is 18.0 Å². The highest BCUT2D eigenvalue weighted by Crippen LogP contribution is 2.37. The number of aromatic nitrogens is 1. The van der Waals surface area contributed by atoms with E-state index in [-0.39, 0.29) is 11.9 Å². The van der Waals surface area contributed by atoms with Crippen LogP contribution in [-0.2, 0) is 16.2 Å². The zero-order chi connectivity index (χ0) is 20.8. The maximum absolute atomic E-state index is 12.6. The van der Waals surface area contributed by atoms with Gasteiger partial charge in [-0.1, -0.05) is 55.7 Å². The zero-order valence-corrected chi connectivity index (χ0v) is 17.3. The second kappa shape index (κ2) is 9.72. The third-order valence-corrected chi connectivity index (χ3v) is 5.86. The summed E-state index contributed by atoms with van der Waals surface area (Å²) >= 11 is 0. The quantitative estimate of drug-likeness (QED) is 0.552. The van der Waals surface area contributed by atoms with Gasteiger partial charge >= 0.3 is 5.97 Å². The van der Waals surface area contributed by atoms with E-state index in [1.165, 1.54) is 19.3 Å². The van der Waals surface area contributed by atoms with Gasteiger partial charge in [0.25, 0.3) is 0 Å². The molecule has 3 aromatic rings. The molecule has 1 saturated carbocycles. The number of fused-ring (bicyclic) bond motifs is 1. The Morgan fingerprint density at radius 2 is 1.80 bits per heavy atom. The van der Waals surface area contributed by atoms with Crippen molar-refractivity contribution in [2.24, 2.45) is 5.92 Å². The number of nitrogens with zero attached hydrogens (tertiary/aromatic N) is 1. The fraction of sp³-hybridized carbons (Fsp3) is 0.360. The molecule has 5 nitrogen and oxygen atoms in total.